The van der Waals surface area contributed by atoms with Gasteiger partial charge in [0.15, 0.2) is 5.65 Å². The summed E-state index contributed by atoms with van der Waals surface area (Å²) in [5.74, 6) is 0.779. The van der Waals surface area contributed by atoms with E-state index < -0.39 is 0 Å². The van der Waals surface area contributed by atoms with Gasteiger partial charge in [-0.15, -0.1) is 0 Å². The zero-order chi connectivity index (χ0) is 16.5. The smallest absolute Gasteiger partial charge is 0.168 e. The van der Waals surface area contributed by atoms with E-state index in [-0.39, 0.29) is 6.10 Å². The largest absolute Gasteiger partial charge is 0.376 e. The third-order valence-corrected chi connectivity index (χ3v) is 4.52. The molecule has 1 fully saturated rings. The van der Waals surface area contributed by atoms with Gasteiger partial charge in [0.2, 0.25) is 0 Å². The molecule has 4 rings (SSSR count). The second kappa shape index (κ2) is 6.37. The van der Waals surface area contributed by atoms with E-state index in [1.807, 2.05) is 25.1 Å². The molecule has 1 aliphatic heterocycles. The summed E-state index contributed by atoms with van der Waals surface area (Å²) in [5, 5.41) is 9.41. The summed E-state index contributed by atoms with van der Waals surface area (Å²) in [6.45, 7) is 3.61. The van der Waals surface area contributed by atoms with Gasteiger partial charge in [0.25, 0.3) is 0 Å². The molecule has 1 atom stereocenters. The summed E-state index contributed by atoms with van der Waals surface area (Å²) >= 11 is 6.14. The number of rotatable bonds is 4. The van der Waals surface area contributed by atoms with Crippen LogP contribution in [-0.4, -0.2) is 39.0 Å². The molecule has 1 aliphatic rings. The molecule has 2 aromatic heterocycles. The van der Waals surface area contributed by atoms with Crippen molar-refractivity contribution in [2.75, 3.05) is 18.5 Å². The second-order valence-corrected chi connectivity index (χ2v) is 6.40. The highest BCUT2D eigenvalue weighted by Crippen LogP contribution is 2.25. The van der Waals surface area contributed by atoms with Crippen LogP contribution < -0.4 is 5.32 Å². The topological polar surface area (TPSA) is 64.9 Å². The van der Waals surface area contributed by atoms with Crippen molar-refractivity contribution >= 4 is 28.5 Å². The van der Waals surface area contributed by atoms with Crippen LogP contribution in [0.25, 0.3) is 16.7 Å². The minimum Gasteiger partial charge on any atom is -0.376 e. The van der Waals surface area contributed by atoms with Gasteiger partial charge in [0.05, 0.1) is 23.4 Å². The van der Waals surface area contributed by atoms with Gasteiger partial charge in [0.1, 0.15) is 12.1 Å². The zero-order valence-electron chi connectivity index (χ0n) is 13.4. The van der Waals surface area contributed by atoms with Crippen LogP contribution in [-0.2, 0) is 4.74 Å². The Kier molecular flexibility index (Phi) is 4.08. The predicted octanol–water partition coefficient (Wildman–Crippen LogP) is 3.37. The fraction of sp³-hybridized carbons (Fsp3) is 0.353. The fourth-order valence-electron chi connectivity index (χ4n) is 2.99. The first-order valence-electron chi connectivity index (χ1n) is 8.03. The number of hydrogen-bond acceptors (Lipinski definition) is 5. The Morgan fingerprint density at radius 1 is 1.38 bits per heavy atom. The molecule has 3 aromatic rings. The molecule has 0 saturated carbocycles. The van der Waals surface area contributed by atoms with Gasteiger partial charge in [0, 0.05) is 18.2 Å². The van der Waals surface area contributed by atoms with Crippen LogP contribution in [0.2, 0.25) is 5.02 Å². The maximum absolute atomic E-state index is 6.14. The van der Waals surface area contributed by atoms with E-state index in [9.17, 15) is 0 Å². The average molecular weight is 344 g/mol. The molecular formula is C17H18ClN5O. The summed E-state index contributed by atoms with van der Waals surface area (Å²) in [4.78, 5) is 8.76. The Bertz CT molecular complexity index is 873. The van der Waals surface area contributed by atoms with Gasteiger partial charge in [-0.3, -0.25) is 0 Å². The number of nitrogens with zero attached hydrogens (tertiary/aromatic N) is 4. The lowest BCUT2D eigenvalue weighted by Crippen LogP contribution is -2.19. The maximum atomic E-state index is 6.14. The fourth-order valence-corrected chi connectivity index (χ4v) is 3.15. The lowest BCUT2D eigenvalue weighted by molar-refractivity contribution is 0.120. The molecule has 0 amide bonds. The number of ether oxygens (including phenoxy) is 1. The van der Waals surface area contributed by atoms with E-state index in [0.717, 1.165) is 54.1 Å². The van der Waals surface area contributed by atoms with Crippen molar-refractivity contribution in [1.82, 2.24) is 19.7 Å². The molecule has 7 heteroatoms. The first-order valence-corrected chi connectivity index (χ1v) is 8.41. The molecule has 1 saturated heterocycles. The lowest BCUT2D eigenvalue weighted by atomic mass is 10.2. The Hall–Kier alpha value is -2.18. The molecule has 1 N–H and O–H groups in total. The van der Waals surface area contributed by atoms with Gasteiger partial charge < -0.3 is 10.1 Å². The number of anilines is 1. The molecule has 1 unspecified atom stereocenters. The number of aryl methyl sites for hydroxylation is 1. The van der Waals surface area contributed by atoms with Gasteiger partial charge in [-0.25, -0.2) is 14.6 Å². The van der Waals surface area contributed by atoms with Crippen molar-refractivity contribution in [3.05, 3.63) is 41.3 Å². The Morgan fingerprint density at radius 2 is 2.29 bits per heavy atom. The van der Waals surface area contributed by atoms with Crippen molar-refractivity contribution in [3.63, 3.8) is 0 Å². The number of benzene rings is 1. The van der Waals surface area contributed by atoms with Crippen LogP contribution in [0.4, 0.5) is 5.82 Å². The van der Waals surface area contributed by atoms with Gasteiger partial charge >= 0.3 is 0 Å². The van der Waals surface area contributed by atoms with Crippen molar-refractivity contribution in [1.29, 1.82) is 0 Å². The summed E-state index contributed by atoms with van der Waals surface area (Å²) in [6, 6.07) is 5.74. The number of hydrogen-bond donors (Lipinski definition) is 1. The molecule has 6 nitrogen and oxygen atoms in total. The maximum Gasteiger partial charge on any atom is 0.168 e. The Morgan fingerprint density at radius 3 is 3.12 bits per heavy atom. The predicted molar refractivity (Wildman–Crippen MR) is 93.9 cm³/mol. The third-order valence-electron chi connectivity index (χ3n) is 4.29. The van der Waals surface area contributed by atoms with E-state index in [1.54, 1.807) is 17.2 Å². The van der Waals surface area contributed by atoms with Crippen molar-refractivity contribution < 1.29 is 4.74 Å². The van der Waals surface area contributed by atoms with Crippen LogP contribution in [0.1, 0.15) is 18.4 Å². The summed E-state index contributed by atoms with van der Waals surface area (Å²) in [6.07, 6.45) is 5.80. The van der Waals surface area contributed by atoms with E-state index in [4.69, 9.17) is 16.3 Å². The van der Waals surface area contributed by atoms with Crippen LogP contribution >= 0.6 is 11.6 Å². The highest BCUT2D eigenvalue weighted by molar-refractivity contribution is 6.30. The lowest BCUT2D eigenvalue weighted by Gasteiger charge is -2.12. The van der Waals surface area contributed by atoms with Gasteiger partial charge in [-0.1, -0.05) is 17.7 Å². The van der Waals surface area contributed by atoms with Crippen molar-refractivity contribution in [3.8, 4) is 5.69 Å². The minimum absolute atomic E-state index is 0.250. The number of nitrogens with one attached hydrogen (secondary N) is 1. The van der Waals surface area contributed by atoms with Crippen LogP contribution in [0.3, 0.4) is 0 Å². The van der Waals surface area contributed by atoms with E-state index in [1.165, 1.54) is 0 Å². The van der Waals surface area contributed by atoms with Gasteiger partial charge in [-0.05, 0) is 37.5 Å². The number of halogens is 1. The summed E-state index contributed by atoms with van der Waals surface area (Å²) in [7, 11) is 0. The molecule has 24 heavy (non-hydrogen) atoms. The highest BCUT2D eigenvalue weighted by Gasteiger charge is 2.17. The van der Waals surface area contributed by atoms with Crippen LogP contribution in [0.15, 0.2) is 30.7 Å². The molecular weight excluding hydrogens is 326 g/mol. The van der Waals surface area contributed by atoms with Crippen LogP contribution in [0.5, 0.6) is 0 Å². The Balaban J connectivity index is 1.69. The van der Waals surface area contributed by atoms with Crippen molar-refractivity contribution in [2.24, 2.45) is 0 Å². The summed E-state index contributed by atoms with van der Waals surface area (Å²) in [5.41, 5.74) is 2.75. The highest BCUT2D eigenvalue weighted by atomic mass is 35.5. The first-order chi connectivity index (χ1) is 11.7. The molecule has 0 bridgehead atoms. The second-order valence-electron chi connectivity index (χ2n) is 5.96. The SMILES string of the molecule is Cc1ccc(Cl)cc1-n1ncc2c(NCC3CCCO3)ncnc21. The van der Waals surface area contributed by atoms with E-state index in [0.29, 0.717) is 5.02 Å². The average Bonchev–Trinajstić information content (AvgIpc) is 3.24. The number of aromatic nitrogens is 4. The minimum atomic E-state index is 0.250. The quantitative estimate of drug-likeness (QED) is 0.786. The molecule has 0 aliphatic carbocycles. The molecule has 3 heterocycles. The standard InChI is InChI=1S/C17H18ClN5O/c1-11-4-5-12(18)7-15(11)23-17-14(9-22-23)16(20-10-21-17)19-8-13-3-2-6-24-13/h4-5,7,9-10,13H,2-3,6,8H2,1H3,(H,19,20,21). The van der Waals surface area contributed by atoms with Gasteiger partial charge in [-0.2, -0.15) is 5.10 Å². The van der Waals surface area contributed by atoms with E-state index >= 15 is 0 Å². The zero-order valence-corrected chi connectivity index (χ0v) is 14.1. The molecule has 1 aromatic carbocycles. The molecule has 0 spiro atoms. The number of fused-ring (bicyclic) bond motifs is 1. The van der Waals surface area contributed by atoms with Crippen LogP contribution in [0, 0.1) is 6.92 Å². The molecule has 0 radical (unpaired) electrons. The van der Waals surface area contributed by atoms with E-state index in [2.05, 4.69) is 20.4 Å². The molecule has 124 valence electrons. The monoisotopic (exact) mass is 343 g/mol. The normalized spacial score (nSPS) is 17.5. The third kappa shape index (κ3) is 2.83. The van der Waals surface area contributed by atoms with Crippen molar-refractivity contribution in [2.45, 2.75) is 25.9 Å². The first kappa shape index (κ1) is 15.4. The summed E-state index contributed by atoms with van der Waals surface area (Å²) < 4.78 is 7.45. The Labute approximate surface area is 144 Å².